The predicted octanol–water partition coefficient (Wildman–Crippen LogP) is 1.24. The molecule has 0 aliphatic carbocycles. The number of benzene rings is 1. The molecule has 0 atom stereocenters. The highest BCUT2D eigenvalue weighted by atomic mass is 15.3. The van der Waals surface area contributed by atoms with E-state index in [4.69, 9.17) is 5.73 Å². The zero-order valence-electron chi connectivity index (χ0n) is 8.93. The Morgan fingerprint density at radius 3 is 2.88 bits per heavy atom. The standard InChI is InChI=1S/C13H13N3/c14-8-3-7-12-5-1-2-6-13(12)11-16-10-4-9-15-16/h1-2,4-6,9-10H,8,11,14H2. The van der Waals surface area contributed by atoms with Gasteiger partial charge in [0, 0.05) is 18.0 Å². The Morgan fingerprint density at radius 1 is 1.25 bits per heavy atom. The second-order valence-electron chi connectivity index (χ2n) is 3.37. The number of hydrogen-bond donors (Lipinski definition) is 1. The molecule has 3 heteroatoms. The monoisotopic (exact) mass is 211 g/mol. The summed E-state index contributed by atoms with van der Waals surface area (Å²) >= 11 is 0. The second-order valence-corrected chi connectivity index (χ2v) is 3.37. The van der Waals surface area contributed by atoms with E-state index >= 15 is 0 Å². The van der Waals surface area contributed by atoms with Gasteiger partial charge in [0.1, 0.15) is 0 Å². The molecule has 2 aromatic rings. The van der Waals surface area contributed by atoms with E-state index in [1.807, 2.05) is 35.1 Å². The van der Waals surface area contributed by atoms with Gasteiger partial charge in [-0.3, -0.25) is 4.68 Å². The van der Waals surface area contributed by atoms with E-state index in [9.17, 15) is 0 Å². The van der Waals surface area contributed by atoms with Crippen LogP contribution >= 0.6 is 0 Å². The van der Waals surface area contributed by atoms with Gasteiger partial charge in [-0.2, -0.15) is 5.10 Å². The molecule has 0 saturated heterocycles. The number of hydrogen-bond acceptors (Lipinski definition) is 2. The summed E-state index contributed by atoms with van der Waals surface area (Å²) in [5.74, 6) is 5.94. The average Bonchev–Trinajstić information content (AvgIpc) is 2.81. The van der Waals surface area contributed by atoms with Crippen molar-refractivity contribution in [1.29, 1.82) is 0 Å². The Hall–Kier alpha value is -2.05. The molecular formula is C13H13N3. The third-order valence-electron chi connectivity index (χ3n) is 2.23. The van der Waals surface area contributed by atoms with Gasteiger partial charge in [-0.05, 0) is 17.7 Å². The fourth-order valence-corrected chi connectivity index (χ4v) is 1.49. The van der Waals surface area contributed by atoms with Crippen molar-refractivity contribution >= 4 is 0 Å². The Kier molecular flexibility index (Phi) is 3.37. The van der Waals surface area contributed by atoms with E-state index in [-0.39, 0.29) is 0 Å². The first-order valence-electron chi connectivity index (χ1n) is 5.14. The molecule has 0 amide bonds. The summed E-state index contributed by atoms with van der Waals surface area (Å²) in [5, 5.41) is 4.18. The molecule has 80 valence electrons. The molecule has 1 heterocycles. The van der Waals surface area contributed by atoms with Crippen LogP contribution in [0, 0.1) is 11.8 Å². The third-order valence-corrected chi connectivity index (χ3v) is 2.23. The molecule has 0 radical (unpaired) electrons. The van der Waals surface area contributed by atoms with Crippen LogP contribution in [-0.4, -0.2) is 16.3 Å². The summed E-state index contributed by atoms with van der Waals surface area (Å²) in [6.07, 6.45) is 3.71. The molecule has 1 aromatic heterocycles. The van der Waals surface area contributed by atoms with Gasteiger partial charge in [0.15, 0.2) is 0 Å². The van der Waals surface area contributed by atoms with Crippen LogP contribution in [0.5, 0.6) is 0 Å². The minimum atomic E-state index is 0.385. The smallest absolute Gasteiger partial charge is 0.0671 e. The van der Waals surface area contributed by atoms with E-state index in [0.29, 0.717) is 6.54 Å². The maximum atomic E-state index is 5.37. The lowest BCUT2D eigenvalue weighted by Gasteiger charge is -2.04. The van der Waals surface area contributed by atoms with Crippen molar-refractivity contribution in [2.75, 3.05) is 6.54 Å². The molecule has 0 aliphatic heterocycles. The lowest BCUT2D eigenvalue weighted by Crippen LogP contribution is -2.02. The lowest BCUT2D eigenvalue weighted by atomic mass is 10.1. The van der Waals surface area contributed by atoms with Gasteiger partial charge in [-0.25, -0.2) is 0 Å². The molecule has 3 nitrogen and oxygen atoms in total. The molecule has 0 fully saturated rings. The summed E-state index contributed by atoms with van der Waals surface area (Å²) in [7, 11) is 0. The van der Waals surface area contributed by atoms with E-state index in [2.05, 4.69) is 23.0 Å². The van der Waals surface area contributed by atoms with Crippen LogP contribution in [0.25, 0.3) is 0 Å². The molecule has 2 rings (SSSR count). The summed E-state index contributed by atoms with van der Waals surface area (Å²) in [6.45, 7) is 1.12. The van der Waals surface area contributed by atoms with Gasteiger partial charge < -0.3 is 5.73 Å². The van der Waals surface area contributed by atoms with Gasteiger partial charge in [0.2, 0.25) is 0 Å². The lowest BCUT2D eigenvalue weighted by molar-refractivity contribution is 0.686. The van der Waals surface area contributed by atoms with Gasteiger partial charge in [0.25, 0.3) is 0 Å². The highest BCUT2D eigenvalue weighted by molar-refractivity contribution is 5.41. The molecule has 0 aliphatic rings. The highest BCUT2D eigenvalue weighted by Crippen LogP contribution is 2.08. The third kappa shape index (κ3) is 2.50. The first kappa shape index (κ1) is 10.5. The van der Waals surface area contributed by atoms with Crippen LogP contribution in [0.4, 0.5) is 0 Å². The second kappa shape index (κ2) is 5.15. The van der Waals surface area contributed by atoms with Crippen LogP contribution in [0.3, 0.4) is 0 Å². The number of nitrogens with two attached hydrogens (primary N) is 1. The van der Waals surface area contributed by atoms with Crippen LogP contribution in [0.2, 0.25) is 0 Å². The summed E-state index contributed by atoms with van der Waals surface area (Å²) in [6, 6.07) is 9.96. The fourth-order valence-electron chi connectivity index (χ4n) is 1.49. The molecule has 2 N–H and O–H groups in total. The molecule has 0 saturated carbocycles. The zero-order valence-corrected chi connectivity index (χ0v) is 8.93. The van der Waals surface area contributed by atoms with Crippen molar-refractivity contribution in [3.63, 3.8) is 0 Å². The van der Waals surface area contributed by atoms with Crippen molar-refractivity contribution in [2.24, 2.45) is 5.73 Å². The molecule has 0 bridgehead atoms. The van der Waals surface area contributed by atoms with Crippen LogP contribution in [0.15, 0.2) is 42.7 Å². The molecule has 0 unspecified atom stereocenters. The van der Waals surface area contributed by atoms with Crippen LogP contribution in [-0.2, 0) is 6.54 Å². The SMILES string of the molecule is NCC#Cc1ccccc1Cn1cccn1. The summed E-state index contributed by atoms with van der Waals surface area (Å²) in [5.41, 5.74) is 7.55. The molecule has 0 spiro atoms. The van der Waals surface area contributed by atoms with Crippen molar-refractivity contribution < 1.29 is 0 Å². The van der Waals surface area contributed by atoms with Crippen molar-refractivity contribution in [2.45, 2.75) is 6.54 Å². The summed E-state index contributed by atoms with van der Waals surface area (Å²) in [4.78, 5) is 0. The van der Waals surface area contributed by atoms with Gasteiger partial charge >= 0.3 is 0 Å². The minimum absolute atomic E-state index is 0.385. The quantitative estimate of drug-likeness (QED) is 0.759. The van der Waals surface area contributed by atoms with E-state index in [1.54, 1.807) is 6.20 Å². The maximum Gasteiger partial charge on any atom is 0.0671 e. The average molecular weight is 211 g/mol. The maximum absolute atomic E-state index is 5.37. The largest absolute Gasteiger partial charge is 0.320 e. The first-order valence-corrected chi connectivity index (χ1v) is 5.14. The molecule has 1 aromatic carbocycles. The van der Waals surface area contributed by atoms with E-state index < -0.39 is 0 Å². The predicted molar refractivity (Wildman–Crippen MR) is 63.7 cm³/mol. The number of aromatic nitrogens is 2. The van der Waals surface area contributed by atoms with Gasteiger partial charge in [0.05, 0.1) is 13.1 Å². The zero-order chi connectivity index (χ0) is 11.2. The Labute approximate surface area is 94.9 Å². The molecular weight excluding hydrogens is 198 g/mol. The Bertz CT molecular complexity index is 503. The van der Waals surface area contributed by atoms with Gasteiger partial charge in [-0.15, -0.1) is 0 Å². The van der Waals surface area contributed by atoms with Crippen molar-refractivity contribution in [3.8, 4) is 11.8 Å². The number of rotatable bonds is 2. The van der Waals surface area contributed by atoms with Crippen molar-refractivity contribution in [3.05, 3.63) is 53.9 Å². The van der Waals surface area contributed by atoms with E-state index in [0.717, 1.165) is 17.7 Å². The normalized spacial score (nSPS) is 9.56. The fraction of sp³-hybridized carbons (Fsp3) is 0.154. The minimum Gasteiger partial charge on any atom is -0.320 e. The van der Waals surface area contributed by atoms with Crippen LogP contribution < -0.4 is 5.73 Å². The van der Waals surface area contributed by atoms with Crippen molar-refractivity contribution in [1.82, 2.24) is 9.78 Å². The summed E-state index contributed by atoms with van der Waals surface area (Å²) < 4.78 is 1.88. The Morgan fingerprint density at radius 2 is 2.12 bits per heavy atom. The number of nitrogens with zero attached hydrogens (tertiary/aromatic N) is 2. The van der Waals surface area contributed by atoms with Gasteiger partial charge in [-0.1, -0.05) is 30.0 Å². The van der Waals surface area contributed by atoms with Crippen LogP contribution in [0.1, 0.15) is 11.1 Å². The Balaban J connectivity index is 2.26. The first-order chi connectivity index (χ1) is 7.90. The molecule has 16 heavy (non-hydrogen) atoms. The van der Waals surface area contributed by atoms with E-state index in [1.165, 1.54) is 0 Å². The highest BCUT2D eigenvalue weighted by Gasteiger charge is 1.99. The topological polar surface area (TPSA) is 43.8 Å².